The van der Waals surface area contributed by atoms with Crippen LogP contribution in [0.5, 0.6) is 0 Å². The molecule has 1 aliphatic heterocycles. The van der Waals surface area contributed by atoms with Crippen molar-refractivity contribution in [1.29, 1.82) is 0 Å². The second-order valence-electron chi connectivity index (χ2n) is 5.84. The van der Waals surface area contributed by atoms with Crippen LogP contribution in [0.1, 0.15) is 38.5 Å². The largest absolute Gasteiger partial charge is 0.341 e. The van der Waals surface area contributed by atoms with Crippen molar-refractivity contribution >= 4 is 11.8 Å². The van der Waals surface area contributed by atoms with E-state index in [0.29, 0.717) is 0 Å². The normalized spacial score (nSPS) is 27.4. The molecule has 1 heterocycles. The minimum absolute atomic E-state index is 0.0365. The molecule has 2 rings (SSSR count). The van der Waals surface area contributed by atoms with E-state index < -0.39 is 0 Å². The number of amides is 2. The summed E-state index contributed by atoms with van der Waals surface area (Å²) >= 11 is 0. The van der Waals surface area contributed by atoms with Gasteiger partial charge in [0.2, 0.25) is 11.8 Å². The molecule has 108 valence electrons. The van der Waals surface area contributed by atoms with E-state index in [-0.39, 0.29) is 30.3 Å². The lowest BCUT2D eigenvalue weighted by atomic mass is 9.84. The van der Waals surface area contributed by atoms with Gasteiger partial charge in [0, 0.05) is 26.2 Å². The number of hydrogen-bond donors (Lipinski definition) is 1. The summed E-state index contributed by atoms with van der Waals surface area (Å²) in [7, 11) is 1.72. The lowest BCUT2D eigenvalue weighted by Crippen LogP contribution is -2.47. The molecule has 2 aliphatic rings. The van der Waals surface area contributed by atoms with Crippen molar-refractivity contribution in [3.63, 3.8) is 0 Å². The number of nitrogens with two attached hydrogens (primary N) is 1. The average Bonchev–Trinajstić information content (AvgIpc) is 2.92. The van der Waals surface area contributed by atoms with Gasteiger partial charge in [0.05, 0.1) is 12.5 Å². The van der Waals surface area contributed by atoms with Gasteiger partial charge < -0.3 is 15.5 Å². The number of likely N-dealkylation sites (N-methyl/N-ethyl adjacent to an activating group) is 1. The van der Waals surface area contributed by atoms with Crippen LogP contribution in [0.4, 0.5) is 0 Å². The summed E-state index contributed by atoms with van der Waals surface area (Å²) < 4.78 is 0. The average molecular weight is 267 g/mol. The van der Waals surface area contributed by atoms with Crippen LogP contribution in [-0.4, -0.2) is 54.3 Å². The Balaban J connectivity index is 1.85. The first-order chi connectivity index (χ1) is 9.09. The van der Waals surface area contributed by atoms with Crippen molar-refractivity contribution in [2.45, 2.75) is 44.6 Å². The lowest BCUT2D eigenvalue weighted by molar-refractivity contribution is -0.142. The summed E-state index contributed by atoms with van der Waals surface area (Å²) in [4.78, 5) is 27.8. The van der Waals surface area contributed by atoms with Crippen molar-refractivity contribution < 1.29 is 9.59 Å². The maximum Gasteiger partial charge on any atom is 0.242 e. The smallest absolute Gasteiger partial charge is 0.242 e. The third-order valence-corrected chi connectivity index (χ3v) is 4.34. The van der Waals surface area contributed by atoms with Crippen molar-refractivity contribution in [3.8, 4) is 0 Å². The van der Waals surface area contributed by atoms with E-state index in [1.807, 2.05) is 4.90 Å². The van der Waals surface area contributed by atoms with Crippen LogP contribution in [0.25, 0.3) is 0 Å². The molecule has 0 spiro atoms. The fourth-order valence-corrected chi connectivity index (χ4v) is 3.10. The van der Waals surface area contributed by atoms with Crippen molar-refractivity contribution in [3.05, 3.63) is 0 Å². The number of likely N-dealkylation sites (tertiary alicyclic amines) is 1. The van der Waals surface area contributed by atoms with Gasteiger partial charge in [0.15, 0.2) is 0 Å². The van der Waals surface area contributed by atoms with Crippen LogP contribution < -0.4 is 5.73 Å². The highest BCUT2D eigenvalue weighted by Gasteiger charge is 2.31. The van der Waals surface area contributed by atoms with Gasteiger partial charge in [-0.05, 0) is 25.7 Å². The predicted octanol–water partition coefficient (Wildman–Crippen LogP) is 0.585. The van der Waals surface area contributed by atoms with Crippen molar-refractivity contribution in [2.24, 2.45) is 11.7 Å². The summed E-state index contributed by atoms with van der Waals surface area (Å²) in [6.07, 6.45) is 6.12. The zero-order chi connectivity index (χ0) is 13.8. The van der Waals surface area contributed by atoms with Gasteiger partial charge in [-0.15, -0.1) is 0 Å². The number of carbonyl (C=O) groups is 2. The molecule has 1 saturated carbocycles. The fraction of sp³-hybridized carbons (Fsp3) is 0.857. The molecule has 2 N–H and O–H groups in total. The Labute approximate surface area is 115 Å². The molecule has 5 nitrogen and oxygen atoms in total. The van der Waals surface area contributed by atoms with E-state index in [4.69, 9.17) is 5.73 Å². The van der Waals surface area contributed by atoms with Crippen molar-refractivity contribution in [1.82, 2.24) is 9.80 Å². The third kappa shape index (κ3) is 3.47. The Morgan fingerprint density at radius 2 is 1.79 bits per heavy atom. The lowest BCUT2D eigenvalue weighted by Gasteiger charge is -2.31. The van der Waals surface area contributed by atoms with Crippen molar-refractivity contribution in [2.75, 3.05) is 26.7 Å². The molecule has 0 aromatic heterocycles. The Morgan fingerprint density at radius 3 is 2.42 bits per heavy atom. The molecule has 2 fully saturated rings. The Morgan fingerprint density at radius 1 is 1.16 bits per heavy atom. The summed E-state index contributed by atoms with van der Waals surface area (Å²) in [5.41, 5.74) is 6.03. The maximum atomic E-state index is 12.3. The summed E-state index contributed by atoms with van der Waals surface area (Å²) in [5.74, 6) is 0.0163. The third-order valence-electron chi connectivity index (χ3n) is 4.34. The monoisotopic (exact) mass is 267 g/mol. The van der Waals surface area contributed by atoms with Gasteiger partial charge in [0.1, 0.15) is 0 Å². The standard InChI is InChI=1S/C14H25N3O2/c1-16(10-13(18)17-8-4-5-9-17)14(19)11-6-2-3-7-12(11)15/h11-12H,2-10,15H2,1H3. The SMILES string of the molecule is CN(CC(=O)N1CCCC1)C(=O)C1CCCCC1N. The first kappa shape index (κ1) is 14.3. The predicted molar refractivity (Wildman–Crippen MR) is 73.4 cm³/mol. The molecule has 0 aromatic carbocycles. The molecule has 2 unspecified atom stereocenters. The van der Waals surface area contributed by atoms with E-state index in [1.165, 1.54) is 0 Å². The zero-order valence-corrected chi connectivity index (χ0v) is 11.8. The van der Waals surface area contributed by atoms with Gasteiger partial charge in [-0.25, -0.2) is 0 Å². The fourth-order valence-electron chi connectivity index (χ4n) is 3.10. The van der Waals surface area contributed by atoms with Gasteiger partial charge >= 0.3 is 0 Å². The minimum Gasteiger partial charge on any atom is -0.341 e. The molecule has 0 aromatic rings. The molecule has 0 bridgehead atoms. The first-order valence-electron chi connectivity index (χ1n) is 7.38. The highest BCUT2D eigenvalue weighted by molar-refractivity contribution is 5.86. The number of carbonyl (C=O) groups excluding carboxylic acids is 2. The van der Waals surface area contributed by atoms with E-state index in [0.717, 1.165) is 51.6 Å². The second kappa shape index (κ2) is 6.37. The summed E-state index contributed by atoms with van der Waals surface area (Å²) in [6.45, 7) is 1.87. The summed E-state index contributed by atoms with van der Waals surface area (Å²) in [6, 6.07) is -0.0365. The minimum atomic E-state index is -0.0925. The molecule has 2 amide bonds. The topological polar surface area (TPSA) is 66.6 Å². The molecule has 19 heavy (non-hydrogen) atoms. The van der Waals surface area contributed by atoms with E-state index in [1.54, 1.807) is 11.9 Å². The molecule has 0 radical (unpaired) electrons. The Kier molecular flexibility index (Phi) is 4.80. The Hall–Kier alpha value is -1.10. The highest BCUT2D eigenvalue weighted by atomic mass is 16.2. The molecule has 1 aliphatic carbocycles. The van der Waals surface area contributed by atoms with Crippen LogP contribution in [0.3, 0.4) is 0 Å². The molecule has 2 atom stereocenters. The number of rotatable bonds is 3. The van der Waals surface area contributed by atoms with E-state index in [2.05, 4.69) is 0 Å². The zero-order valence-electron chi connectivity index (χ0n) is 11.8. The maximum absolute atomic E-state index is 12.3. The number of nitrogens with zero attached hydrogens (tertiary/aromatic N) is 2. The molecular weight excluding hydrogens is 242 g/mol. The van der Waals surface area contributed by atoms with Gasteiger partial charge in [0.25, 0.3) is 0 Å². The highest BCUT2D eigenvalue weighted by Crippen LogP contribution is 2.24. The molecular formula is C14H25N3O2. The van der Waals surface area contributed by atoms with Crippen LogP contribution in [0.2, 0.25) is 0 Å². The van der Waals surface area contributed by atoms with Crippen LogP contribution >= 0.6 is 0 Å². The van der Waals surface area contributed by atoms with Crippen LogP contribution in [-0.2, 0) is 9.59 Å². The number of hydrogen-bond acceptors (Lipinski definition) is 3. The van der Waals surface area contributed by atoms with Gasteiger partial charge in [-0.3, -0.25) is 9.59 Å². The quantitative estimate of drug-likeness (QED) is 0.813. The van der Waals surface area contributed by atoms with Crippen LogP contribution in [0, 0.1) is 5.92 Å². The Bertz CT molecular complexity index is 340. The van der Waals surface area contributed by atoms with E-state index >= 15 is 0 Å². The van der Waals surface area contributed by atoms with E-state index in [9.17, 15) is 9.59 Å². The summed E-state index contributed by atoms with van der Waals surface area (Å²) in [5, 5.41) is 0. The first-order valence-corrected chi connectivity index (χ1v) is 7.38. The molecule has 5 heteroatoms. The van der Waals surface area contributed by atoms with Crippen LogP contribution in [0.15, 0.2) is 0 Å². The second-order valence-corrected chi connectivity index (χ2v) is 5.84. The van der Waals surface area contributed by atoms with Gasteiger partial charge in [-0.1, -0.05) is 12.8 Å². The molecule has 1 saturated heterocycles. The van der Waals surface area contributed by atoms with Gasteiger partial charge in [-0.2, -0.15) is 0 Å².